The molecule has 1 atom stereocenters. The summed E-state index contributed by atoms with van der Waals surface area (Å²) in [6, 6.07) is 11.0. The van der Waals surface area contributed by atoms with Crippen LogP contribution in [0.15, 0.2) is 46.2 Å². The average Bonchev–Trinajstić information content (AvgIpc) is 3.32. The van der Waals surface area contributed by atoms with E-state index in [1.807, 2.05) is 22.4 Å². The molecule has 0 radical (unpaired) electrons. The molecule has 1 fully saturated rings. The molecule has 3 aromatic rings. The number of hydrogen-bond acceptors (Lipinski definition) is 5. The largest absolute Gasteiger partial charge is 0.420 e. The van der Waals surface area contributed by atoms with Gasteiger partial charge in [-0.1, -0.05) is 23.7 Å². The highest BCUT2D eigenvalue weighted by Gasteiger charge is 2.29. The fourth-order valence-corrected chi connectivity index (χ4v) is 3.90. The van der Waals surface area contributed by atoms with Gasteiger partial charge in [-0.15, -0.1) is 21.5 Å². The molecule has 128 valence electrons. The number of benzene rings is 1. The highest BCUT2D eigenvalue weighted by atomic mass is 35.5. The fraction of sp³-hybridized carbons (Fsp3) is 0.278. The predicted octanol–water partition coefficient (Wildman–Crippen LogP) is 4.47. The van der Waals surface area contributed by atoms with E-state index in [-0.39, 0.29) is 11.8 Å². The van der Waals surface area contributed by atoms with Crippen molar-refractivity contribution in [3.05, 3.63) is 58.3 Å². The zero-order valence-electron chi connectivity index (χ0n) is 13.4. The van der Waals surface area contributed by atoms with Crippen LogP contribution in [0.25, 0.3) is 10.8 Å². The summed E-state index contributed by atoms with van der Waals surface area (Å²) in [5.74, 6) is 1.21. The van der Waals surface area contributed by atoms with Gasteiger partial charge in [0.05, 0.1) is 10.8 Å². The van der Waals surface area contributed by atoms with Crippen molar-refractivity contribution in [1.29, 1.82) is 0 Å². The van der Waals surface area contributed by atoms with Gasteiger partial charge < -0.3 is 9.32 Å². The predicted molar refractivity (Wildman–Crippen MR) is 96.9 cm³/mol. The second-order valence-corrected chi connectivity index (χ2v) is 7.41. The first-order chi connectivity index (χ1) is 12.2. The number of thiophene rings is 1. The van der Waals surface area contributed by atoms with Crippen molar-refractivity contribution >= 4 is 28.8 Å². The van der Waals surface area contributed by atoms with Crippen molar-refractivity contribution in [2.24, 2.45) is 0 Å². The summed E-state index contributed by atoms with van der Waals surface area (Å²) < 4.78 is 5.85. The SMILES string of the molecule is O=C(c1cccc(Cl)c1)N1CCC[C@@H](c2nnc(-c3cccs3)o2)C1. The minimum absolute atomic E-state index is 0.00908. The molecule has 1 aromatic carbocycles. The summed E-state index contributed by atoms with van der Waals surface area (Å²) in [4.78, 5) is 15.5. The van der Waals surface area contributed by atoms with Gasteiger partial charge in [-0.25, -0.2) is 0 Å². The van der Waals surface area contributed by atoms with Crippen molar-refractivity contribution in [3.8, 4) is 10.8 Å². The van der Waals surface area contributed by atoms with Crippen LogP contribution in [-0.2, 0) is 0 Å². The van der Waals surface area contributed by atoms with E-state index >= 15 is 0 Å². The van der Waals surface area contributed by atoms with Crippen molar-refractivity contribution in [3.63, 3.8) is 0 Å². The molecule has 0 bridgehead atoms. The molecule has 4 rings (SSSR count). The summed E-state index contributed by atoms with van der Waals surface area (Å²) in [6.45, 7) is 1.31. The Morgan fingerprint density at radius 3 is 3.00 bits per heavy atom. The number of rotatable bonds is 3. The van der Waals surface area contributed by atoms with Crippen molar-refractivity contribution in [2.45, 2.75) is 18.8 Å². The molecule has 0 aliphatic carbocycles. The van der Waals surface area contributed by atoms with Gasteiger partial charge >= 0.3 is 0 Å². The first-order valence-electron chi connectivity index (χ1n) is 8.13. The van der Waals surface area contributed by atoms with Gasteiger partial charge in [0.15, 0.2) is 0 Å². The van der Waals surface area contributed by atoms with Crippen molar-refractivity contribution < 1.29 is 9.21 Å². The number of likely N-dealkylation sites (tertiary alicyclic amines) is 1. The maximum absolute atomic E-state index is 12.7. The molecule has 1 aliphatic rings. The molecule has 1 aliphatic heterocycles. The Hall–Kier alpha value is -2.18. The van der Waals surface area contributed by atoms with Gasteiger partial charge in [-0.05, 0) is 42.5 Å². The van der Waals surface area contributed by atoms with Crippen LogP contribution in [0.4, 0.5) is 0 Å². The van der Waals surface area contributed by atoms with Gasteiger partial charge in [-0.3, -0.25) is 4.79 Å². The summed E-state index contributed by atoms with van der Waals surface area (Å²) in [5, 5.41) is 10.9. The van der Waals surface area contributed by atoms with Crippen molar-refractivity contribution in [2.75, 3.05) is 13.1 Å². The third kappa shape index (κ3) is 3.45. The van der Waals surface area contributed by atoms with Crippen LogP contribution < -0.4 is 0 Å². The Morgan fingerprint density at radius 2 is 2.20 bits per heavy atom. The number of carbonyl (C=O) groups is 1. The summed E-state index contributed by atoms with van der Waals surface area (Å²) in [6.07, 6.45) is 1.85. The summed E-state index contributed by atoms with van der Waals surface area (Å²) in [7, 11) is 0. The number of piperidine rings is 1. The lowest BCUT2D eigenvalue weighted by Crippen LogP contribution is -2.39. The molecular formula is C18H16ClN3O2S. The van der Waals surface area contributed by atoms with Gasteiger partial charge in [0.25, 0.3) is 11.8 Å². The maximum atomic E-state index is 12.7. The molecule has 1 amide bonds. The van der Waals surface area contributed by atoms with Crippen LogP contribution in [-0.4, -0.2) is 34.1 Å². The van der Waals surface area contributed by atoms with E-state index in [0.717, 1.165) is 24.3 Å². The topological polar surface area (TPSA) is 59.2 Å². The van der Waals surface area contributed by atoms with Gasteiger partial charge in [0.1, 0.15) is 0 Å². The Kier molecular flexibility index (Phi) is 4.55. The molecule has 0 unspecified atom stereocenters. The normalized spacial score (nSPS) is 17.6. The van der Waals surface area contributed by atoms with E-state index in [4.69, 9.17) is 16.0 Å². The van der Waals surface area contributed by atoms with Crippen LogP contribution >= 0.6 is 22.9 Å². The van der Waals surface area contributed by atoms with Crippen LogP contribution in [0.2, 0.25) is 5.02 Å². The second-order valence-electron chi connectivity index (χ2n) is 6.02. The van der Waals surface area contributed by atoms with E-state index in [0.29, 0.717) is 28.9 Å². The zero-order valence-corrected chi connectivity index (χ0v) is 15.0. The van der Waals surface area contributed by atoms with Crippen LogP contribution in [0.5, 0.6) is 0 Å². The highest BCUT2D eigenvalue weighted by molar-refractivity contribution is 7.13. The van der Waals surface area contributed by atoms with E-state index in [9.17, 15) is 4.79 Å². The lowest BCUT2D eigenvalue weighted by molar-refractivity contribution is 0.0698. The molecule has 5 nitrogen and oxygen atoms in total. The summed E-state index contributed by atoms with van der Waals surface area (Å²) in [5.41, 5.74) is 0.609. The molecule has 2 aromatic heterocycles. The van der Waals surface area contributed by atoms with Crippen LogP contribution in [0.3, 0.4) is 0 Å². The lowest BCUT2D eigenvalue weighted by atomic mass is 9.97. The molecule has 0 saturated carbocycles. The average molecular weight is 374 g/mol. The molecule has 0 N–H and O–H groups in total. The molecule has 7 heteroatoms. The second kappa shape index (κ2) is 6.98. The number of nitrogens with zero attached hydrogens (tertiary/aromatic N) is 3. The monoisotopic (exact) mass is 373 g/mol. The molecule has 0 spiro atoms. The standard InChI is InChI=1S/C18H16ClN3O2S/c19-14-6-1-4-12(10-14)18(23)22-8-2-5-13(11-22)16-20-21-17(24-16)15-7-3-9-25-15/h1,3-4,6-7,9-10,13H,2,5,8,11H2/t13-/m1/s1. The number of aromatic nitrogens is 2. The smallest absolute Gasteiger partial charge is 0.257 e. The Labute approximate surface area is 154 Å². The Bertz CT molecular complexity index is 878. The van der Waals surface area contributed by atoms with Gasteiger partial charge in [0, 0.05) is 23.7 Å². The van der Waals surface area contributed by atoms with E-state index in [1.54, 1.807) is 35.6 Å². The minimum Gasteiger partial charge on any atom is -0.420 e. The molecule has 3 heterocycles. The highest BCUT2D eigenvalue weighted by Crippen LogP contribution is 2.30. The van der Waals surface area contributed by atoms with Crippen LogP contribution in [0, 0.1) is 0 Å². The van der Waals surface area contributed by atoms with E-state index in [1.165, 1.54) is 0 Å². The van der Waals surface area contributed by atoms with E-state index in [2.05, 4.69) is 10.2 Å². The Balaban J connectivity index is 1.50. The van der Waals surface area contributed by atoms with Gasteiger partial charge in [0.2, 0.25) is 5.89 Å². The number of carbonyl (C=O) groups excluding carboxylic acids is 1. The minimum atomic E-state index is -0.00908. The van der Waals surface area contributed by atoms with E-state index < -0.39 is 0 Å². The number of halogens is 1. The third-order valence-corrected chi connectivity index (χ3v) is 5.39. The first kappa shape index (κ1) is 16.3. The van der Waals surface area contributed by atoms with Gasteiger partial charge in [-0.2, -0.15) is 0 Å². The van der Waals surface area contributed by atoms with Crippen molar-refractivity contribution in [1.82, 2.24) is 15.1 Å². The number of amides is 1. The maximum Gasteiger partial charge on any atom is 0.257 e. The lowest BCUT2D eigenvalue weighted by Gasteiger charge is -2.31. The summed E-state index contributed by atoms with van der Waals surface area (Å²) >= 11 is 7.57. The third-order valence-electron chi connectivity index (χ3n) is 4.30. The van der Waals surface area contributed by atoms with Crippen LogP contribution in [0.1, 0.15) is 35.0 Å². The quantitative estimate of drug-likeness (QED) is 0.679. The zero-order chi connectivity index (χ0) is 17.2. The number of hydrogen-bond donors (Lipinski definition) is 0. The molecular weight excluding hydrogens is 358 g/mol. The Morgan fingerprint density at radius 1 is 1.28 bits per heavy atom. The molecule has 25 heavy (non-hydrogen) atoms. The fourth-order valence-electron chi connectivity index (χ4n) is 3.07. The molecule has 1 saturated heterocycles. The first-order valence-corrected chi connectivity index (χ1v) is 9.38.